The molecule has 0 unspecified atom stereocenters. The third kappa shape index (κ3) is 3.10. The van der Waals surface area contributed by atoms with Gasteiger partial charge in [-0.25, -0.2) is 9.97 Å². The van der Waals surface area contributed by atoms with Crippen molar-refractivity contribution >= 4 is 28.3 Å². The fraction of sp³-hybridized carbons (Fsp3) is 0.176. The van der Waals surface area contributed by atoms with Crippen LogP contribution in [0.15, 0.2) is 42.6 Å². The molecule has 0 saturated carbocycles. The van der Waals surface area contributed by atoms with Crippen molar-refractivity contribution < 1.29 is 9.53 Å². The van der Waals surface area contributed by atoms with Crippen LogP contribution in [-0.2, 0) is 0 Å². The second kappa shape index (κ2) is 6.49. The smallest absolute Gasteiger partial charge is 0.318 e. The summed E-state index contributed by atoms with van der Waals surface area (Å²) in [5, 5.41) is 3.78. The number of nitrogens with one attached hydrogen (secondary N) is 1. The van der Waals surface area contributed by atoms with Crippen LogP contribution in [0.2, 0.25) is 0 Å². The first-order valence-corrected chi connectivity index (χ1v) is 7.34. The van der Waals surface area contributed by atoms with E-state index in [1.807, 2.05) is 44.4 Å². The van der Waals surface area contributed by atoms with E-state index in [-0.39, 0.29) is 11.9 Å². The molecule has 2 aromatic heterocycles. The largest absolute Gasteiger partial charge is 0.467 e. The van der Waals surface area contributed by atoms with E-state index in [2.05, 4.69) is 20.3 Å². The second-order valence-corrected chi connectivity index (χ2v) is 5.33. The molecule has 7 nitrogen and oxygen atoms in total. The van der Waals surface area contributed by atoms with E-state index < -0.39 is 0 Å². The summed E-state index contributed by atoms with van der Waals surface area (Å²) in [7, 11) is 5.14. The van der Waals surface area contributed by atoms with Crippen LogP contribution >= 0.6 is 0 Å². The van der Waals surface area contributed by atoms with Gasteiger partial charge in [-0.2, -0.15) is 4.98 Å². The Morgan fingerprint density at radius 2 is 1.92 bits per heavy atom. The Kier molecular flexibility index (Phi) is 4.24. The average molecular weight is 323 g/mol. The normalized spacial score (nSPS) is 10.5. The molecule has 0 spiro atoms. The SMILES string of the molecule is COc1ncc(NC(=O)c2ccc3ccccc3n2)c(N(C)C)n1. The number of nitrogens with zero attached hydrogens (tertiary/aromatic N) is 4. The molecule has 7 heteroatoms. The number of aromatic nitrogens is 3. The van der Waals surface area contributed by atoms with Gasteiger partial charge in [0, 0.05) is 19.5 Å². The maximum absolute atomic E-state index is 12.5. The molecule has 1 N–H and O–H groups in total. The molecule has 0 fully saturated rings. The van der Waals surface area contributed by atoms with Gasteiger partial charge in [0.25, 0.3) is 5.91 Å². The molecule has 1 amide bonds. The average Bonchev–Trinajstić information content (AvgIpc) is 2.61. The summed E-state index contributed by atoms with van der Waals surface area (Å²) >= 11 is 0. The maximum Gasteiger partial charge on any atom is 0.318 e. The summed E-state index contributed by atoms with van der Waals surface area (Å²) in [6, 6.07) is 11.4. The van der Waals surface area contributed by atoms with Gasteiger partial charge in [-0.05, 0) is 12.1 Å². The molecule has 0 bridgehead atoms. The molecule has 0 aliphatic rings. The summed E-state index contributed by atoms with van der Waals surface area (Å²) in [5.41, 5.74) is 1.58. The highest BCUT2D eigenvalue weighted by Gasteiger charge is 2.15. The molecule has 0 saturated heterocycles. The third-order valence-corrected chi connectivity index (χ3v) is 3.43. The number of methoxy groups -OCH3 is 1. The van der Waals surface area contributed by atoms with E-state index in [0.29, 0.717) is 17.2 Å². The number of pyridine rings is 1. The standard InChI is InChI=1S/C17H17N5O2/c1-22(2)15-14(10-18-17(21-15)24-3)20-16(23)13-9-8-11-6-4-5-7-12(11)19-13/h4-10H,1-3H3,(H,20,23). The van der Waals surface area contributed by atoms with Gasteiger partial charge >= 0.3 is 6.01 Å². The first-order chi connectivity index (χ1) is 11.6. The van der Waals surface area contributed by atoms with Crippen molar-refractivity contribution in [1.82, 2.24) is 15.0 Å². The third-order valence-electron chi connectivity index (χ3n) is 3.43. The number of benzene rings is 1. The monoisotopic (exact) mass is 323 g/mol. The highest BCUT2D eigenvalue weighted by atomic mass is 16.5. The maximum atomic E-state index is 12.5. The summed E-state index contributed by atoms with van der Waals surface area (Å²) in [6.07, 6.45) is 1.51. The van der Waals surface area contributed by atoms with Crippen LogP contribution in [0.3, 0.4) is 0 Å². The molecule has 2 heterocycles. The lowest BCUT2D eigenvalue weighted by atomic mass is 10.2. The van der Waals surface area contributed by atoms with Crippen molar-refractivity contribution in [2.75, 3.05) is 31.4 Å². The first kappa shape index (κ1) is 15.7. The van der Waals surface area contributed by atoms with Crippen LogP contribution in [0.4, 0.5) is 11.5 Å². The zero-order valence-corrected chi connectivity index (χ0v) is 13.6. The number of carbonyl (C=O) groups is 1. The van der Waals surface area contributed by atoms with Crippen molar-refractivity contribution in [2.24, 2.45) is 0 Å². The lowest BCUT2D eigenvalue weighted by molar-refractivity contribution is 0.102. The molecule has 3 aromatic rings. The number of hydrogen-bond donors (Lipinski definition) is 1. The number of hydrogen-bond acceptors (Lipinski definition) is 6. The number of carbonyl (C=O) groups excluding carboxylic acids is 1. The molecule has 3 rings (SSSR count). The van der Waals surface area contributed by atoms with E-state index in [9.17, 15) is 4.79 Å². The van der Waals surface area contributed by atoms with Crippen LogP contribution in [0.25, 0.3) is 10.9 Å². The van der Waals surface area contributed by atoms with Crippen molar-refractivity contribution in [3.8, 4) is 6.01 Å². The molecular weight excluding hydrogens is 306 g/mol. The van der Waals surface area contributed by atoms with Gasteiger partial charge in [0.1, 0.15) is 11.4 Å². The predicted octanol–water partition coefficient (Wildman–Crippen LogP) is 2.35. The van der Waals surface area contributed by atoms with Crippen LogP contribution in [0, 0.1) is 0 Å². The molecule has 0 atom stereocenters. The fourth-order valence-electron chi connectivity index (χ4n) is 2.26. The lowest BCUT2D eigenvalue weighted by Gasteiger charge is -2.16. The molecule has 24 heavy (non-hydrogen) atoms. The zero-order valence-electron chi connectivity index (χ0n) is 13.6. The lowest BCUT2D eigenvalue weighted by Crippen LogP contribution is -2.19. The highest BCUT2D eigenvalue weighted by Crippen LogP contribution is 2.23. The van der Waals surface area contributed by atoms with Gasteiger partial charge in [0.05, 0.1) is 18.8 Å². The summed E-state index contributed by atoms with van der Waals surface area (Å²) in [4.78, 5) is 27.0. The molecule has 1 aromatic carbocycles. The Morgan fingerprint density at radius 1 is 1.12 bits per heavy atom. The fourth-order valence-corrected chi connectivity index (χ4v) is 2.26. The quantitative estimate of drug-likeness (QED) is 0.794. The zero-order chi connectivity index (χ0) is 17.1. The Labute approximate surface area is 139 Å². The summed E-state index contributed by atoms with van der Waals surface area (Å²) in [6.45, 7) is 0. The number of amides is 1. The minimum atomic E-state index is -0.322. The number of para-hydroxylation sites is 1. The van der Waals surface area contributed by atoms with E-state index in [1.54, 1.807) is 11.0 Å². The van der Waals surface area contributed by atoms with Crippen LogP contribution in [0.5, 0.6) is 6.01 Å². The summed E-state index contributed by atoms with van der Waals surface area (Å²) in [5.74, 6) is 0.230. The minimum absolute atomic E-state index is 0.237. The Hall–Kier alpha value is -3.22. The first-order valence-electron chi connectivity index (χ1n) is 7.34. The molecule has 0 aliphatic heterocycles. The van der Waals surface area contributed by atoms with E-state index >= 15 is 0 Å². The Balaban J connectivity index is 1.90. The van der Waals surface area contributed by atoms with Crippen LogP contribution < -0.4 is 15.0 Å². The van der Waals surface area contributed by atoms with E-state index in [4.69, 9.17) is 4.74 Å². The van der Waals surface area contributed by atoms with Gasteiger partial charge in [-0.15, -0.1) is 0 Å². The van der Waals surface area contributed by atoms with Gasteiger partial charge in [-0.1, -0.05) is 24.3 Å². The Bertz CT molecular complexity index is 895. The number of fused-ring (bicyclic) bond motifs is 1. The minimum Gasteiger partial charge on any atom is -0.467 e. The van der Waals surface area contributed by atoms with Crippen molar-refractivity contribution in [1.29, 1.82) is 0 Å². The van der Waals surface area contributed by atoms with Gasteiger partial charge < -0.3 is 15.0 Å². The van der Waals surface area contributed by atoms with Crippen molar-refractivity contribution in [2.45, 2.75) is 0 Å². The number of ether oxygens (including phenoxy) is 1. The topological polar surface area (TPSA) is 80.2 Å². The number of anilines is 2. The predicted molar refractivity (Wildman–Crippen MR) is 92.6 cm³/mol. The van der Waals surface area contributed by atoms with Crippen molar-refractivity contribution in [3.63, 3.8) is 0 Å². The molecule has 0 radical (unpaired) electrons. The van der Waals surface area contributed by atoms with Gasteiger partial charge in [0.2, 0.25) is 0 Å². The molecular formula is C17H17N5O2. The Morgan fingerprint density at radius 3 is 2.67 bits per heavy atom. The van der Waals surface area contributed by atoms with Gasteiger partial charge in [0.15, 0.2) is 5.82 Å². The molecule has 0 aliphatic carbocycles. The van der Waals surface area contributed by atoms with Crippen LogP contribution in [-0.4, -0.2) is 42.1 Å². The van der Waals surface area contributed by atoms with Crippen molar-refractivity contribution in [3.05, 3.63) is 48.3 Å². The van der Waals surface area contributed by atoms with Crippen LogP contribution in [0.1, 0.15) is 10.5 Å². The summed E-state index contributed by atoms with van der Waals surface area (Å²) < 4.78 is 5.02. The van der Waals surface area contributed by atoms with Gasteiger partial charge in [-0.3, -0.25) is 4.79 Å². The van der Waals surface area contributed by atoms with E-state index in [1.165, 1.54) is 13.3 Å². The van der Waals surface area contributed by atoms with E-state index in [0.717, 1.165) is 10.9 Å². The highest BCUT2D eigenvalue weighted by molar-refractivity contribution is 6.05. The second-order valence-electron chi connectivity index (χ2n) is 5.33. The molecule has 122 valence electrons. The number of rotatable bonds is 4.